The zero-order valence-electron chi connectivity index (χ0n) is 9.40. The third-order valence-corrected chi connectivity index (χ3v) is 1.96. The number of hydrogen-bond acceptors (Lipinski definition) is 4. The Morgan fingerprint density at radius 1 is 1.50 bits per heavy atom. The average Bonchev–Trinajstić information content (AvgIpc) is 2.29. The predicted octanol–water partition coefficient (Wildman–Crippen LogP) is 1.85. The van der Waals surface area contributed by atoms with Crippen molar-refractivity contribution in [2.75, 3.05) is 19.5 Å². The van der Waals surface area contributed by atoms with Gasteiger partial charge >= 0.3 is 5.97 Å². The van der Waals surface area contributed by atoms with Gasteiger partial charge in [-0.15, -0.1) is 0 Å². The van der Waals surface area contributed by atoms with Crippen LogP contribution >= 0.6 is 0 Å². The second-order valence-electron chi connectivity index (χ2n) is 3.06. The summed E-state index contributed by atoms with van der Waals surface area (Å²) in [6.45, 7) is 2.40. The lowest BCUT2D eigenvalue weighted by molar-refractivity contribution is -0.134. The van der Waals surface area contributed by atoms with E-state index in [-0.39, 0.29) is 0 Å². The second kappa shape index (κ2) is 5.80. The summed E-state index contributed by atoms with van der Waals surface area (Å²) in [5.41, 5.74) is 7.08. The molecule has 0 aliphatic heterocycles. The van der Waals surface area contributed by atoms with Gasteiger partial charge in [-0.25, -0.2) is 4.79 Å². The zero-order valence-corrected chi connectivity index (χ0v) is 9.40. The molecule has 2 N–H and O–H groups in total. The van der Waals surface area contributed by atoms with Crippen molar-refractivity contribution in [1.29, 1.82) is 0 Å². The number of anilines is 1. The molecule has 0 amide bonds. The van der Waals surface area contributed by atoms with Gasteiger partial charge in [0.25, 0.3) is 0 Å². The molecule has 0 atom stereocenters. The topological polar surface area (TPSA) is 61.5 Å². The molecular formula is C12H15NO3. The fraction of sp³-hybridized carbons (Fsp3) is 0.250. The molecule has 0 bridgehead atoms. The number of carbonyl (C=O) groups is 1. The number of esters is 1. The Hall–Kier alpha value is -1.97. The number of nitrogen functional groups attached to an aromatic ring is 1. The smallest absolute Gasteiger partial charge is 0.330 e. The number of para-hydroxylation sites is 1. The molecule has 4 nitrogen and oxygen atoms in total. The van der Waals surface area contributed by atoms with Gasteiger partial charge in [-0.05, 0) is 19.1 Å². The van der Waals surface area contributed by atoms with Crippen LogP contribution in [0.2, 0.25) is 0 Å². The van der Waals surface area contributed by atoms with Gasteiger partial charge < -0.3 is 15.2 Å². The largest absolute Gasteiger partial charge is 0.491 e. The van der Waals surface area contributed by atoms with Crippen LogP contribution in [0.25, 0.3) is 6.08 Å². The fourth-order valence-corrected chi connectivity index (χ4v) is 1.24. The minimum absolute atomic E-state index is 0.412. The van der Waals surface area contributed by atoms with Gasteiger partial charge in [0, 0.05) is 11.6 Å². The Labute approximate surface area is 94.7 Å². The molecule has 0 radical (unpaired) electrons. The van der Waals surface area contributed by atoms with Gasteiger partial charge in [-0.3, -0.25) is 0 Å². The van der Waals surface area contributed by atoms with Gasteiger partial charge in [-0.1, -0.05) is 12.1 Å². The Balaban J connectivity index is 2.98. The molecule has 0 aliphatic carbocycles. The van der Waals surface area contributed by atoms with E-state index in [0.29, 0.717) is 18.0 Å². The van der Waals surface area contributed by atoms with E-state index in [1.165, 1.54) is 13.2 Å². The molecule has 0 unspecified atom stereocenters. The molecule has 16 heavy (non-hydrogen) atoms. The minimum atomic E-state index is -0.412. The summed E-state index contributed by atoms with van der Waals surface area (Å²) in [7, 11) is 1.33. The number of hydrogen-bond donors (Lipinski definition) is 1. The van der Waals surface area contributed by atoms with Crippen molar-refractivity contribution < 1.29 is 14.3 Å². The zero-order chi connectivity index (χ0) is 12.0. The van der Waals surface area contributed by atoms with Crippen molar-refractivity contribution in [3.8, 4) is 5.75 Å². The van der Waals surface area contributed by atoms with E-state index in [2.05, 4.69) is 4.74 Å². The van der Waals surface area contributed by atoms with Crippen LogP contribution in [-0.2, 0) is 9.53 Å². The second-order valence-corrected chi connectivity index (χ2v) is 3.06. The van der Waals surface area contributed by atoms with Crippen LogP contribution in [0, 0.1) is 0 Å². The quantitative estimate of drug-likeness (QED) is 0.479. The van der Waals surface area contributed by atoms with E-state index in [9.17, 15) is 4.79 Å². The van der Waals surface area contributed by atoms with Crippen molar-refractivity contribution >= 4 is 17.7 Å². The molecule has 0 aliphatic rings. The molecular weight excluding hydrogens is 206 g/mol. The highest BCUT2D eigenvalue weighted by atomic mass is 16.5. The van der Waals surface area contributed by atoms with Gasteiger partial charge in [0.1, 0.15) is 5.75 Å². The molecule has 0 spiro atoms. The molecule has 0 saturated carbocycles. The van der Waals surface area contributed by atoms with Gasteiger partial charge in [-0.2, -0.15) is 0 Å². The summed E-state index contributed by atoms with van der Waals surface area (Å²) in [5, 5.41) is 0. The number of nitrogens with two attached hydrogens (primary N) is 1. The number of ether oxygens (including phenoxy) is 2. The van der Waals surface area contributed by atoms with Crippen molar-refractivity contribution in [2.24, 2.45) is 0 Å². The van der Waals surface area contributed by atoms with Gasteiger partial charge in [0.15, 0.2) is 0 Å². The van der Waals surface area contributed by atoms with Crippen LogP contribution in [-0.4, -0.2) is 19.7 Å². The SMILES string of the molecule is CCOc1c(N)cccc1C=CC(=O)OC. The number of carbonyl (C=O) groups excluding carboxylic acids is 1. The molecule has 1 rings (SSSR count). The van der Waals surface area contributed by atoms with Crippen molar-refractivity contribution in [3.63, 3.8) is 0 Å². The van der Waals surface area contributed by atoms with E-state index < -0.39 is 5.97 Å². The molecule has 4 heteroatoms. The first-order valence-electron chi connectivity index (χ1n) is 4.96. The number of rotatable bonds is 4. The summed E-state index contributed by atoms with van der Waals surface area (Å²) >= 11 is 0. The van der Waals surface area contributed by atoms with E-state index in [0.717, 1.165) is 5.56 Å². The Bertz CT molecular complexity index is 399. The molecule has 0 aromatic heterocycles. The summed E-state index contributed by atoms with van der Waals surface area (Å²) in [6, 6.07) is 5.37. The minimum Gasteiger partial charge on any atom is -0.491 e. The normalized spacial score (nSPS) is 10.4. The molecule has 1 aromatic rings. The lowest BCUT2D eigenvalue weighted by atomic mass is 10.1. The summed E-state index contributed by atoms with van der Waals surface area (Å²) < 4.78 is 9.91. The standard InChI is InChI=1S/C12H15NO3/c1-3-16-12-9(5-4-6-10(12)13)7-8-11(14)15-2/h4-8H,3,13H2,1-2H3. The van der Waals surface area contributed by atoms with E-state index in [1.54, 1.807) is 18.2 Å². The van der Waals surface area contributed by atoms with Crippen LogP contribution in [0.1, 0.15) is 12.5 Å². The van der Waals surface area contributed by atoms with Gasteiger partial charge in [0.05, 0.1) is 19.4 Å². The maximum atomic E-state index is 11.0. The van der Waals surface area contributed by atoms with Crippen LogP contribution < -0.4 is 10.5 Å². The summed E-state index contributed by atoms with van der Waals surface area (Å²) in [4.78, 5) is 11.0. The van der Waals surface area contributed by atoms with Crippen LogP contribution in [0.3, 0.4) is 0 Å². The lowest BCUT2D eigenvalue weighted by Crippen LogP contribution is -1.99. The predicted molar refractivity (Wildman–Crippen MR) is 63.1 cm³/mol. The highest BCUT2D eigenvalue weighted by molar-refractivity contribution is 5.88. The Morgan fingerprint density at radius 3 is 2.88 bits per heavy atom. The van der Waals surface area contributed by atoms with Crippen molar-refractivity contribution in [1.82, 2.24) is 0 Å². The monoisotopic (exact) mass is 221 g/mol. The summed E-state index contributed by atoms with van der Waals surface area (Å²) in [5.74, 6) is 0.176. The first-order chi connectivity index (χ1) is 7.69. The highest BCUT2D eigenvalue weighted by Crippen LogP contribution is 2.27. The summed E-state index contributed by atoms with van der Waals surface area (Å²) in [6.07, 6.45) is 2.95. The first kappa shape index (κ1) is 12.1. The molecule has 0 fully saturated rings. The maximum absolute atomic E-state index is 11.0. The lowest BCUT2D eigenvalue weighted by Gasteiger charge is -2.09. The molecule has 1 aromatic carbocycles. The Morgan fingerprint density at radius 2 is 2.25 bits per heavy atom. The van der Waals surface area contributed by atoms with Crippen molar-refractivity contribution in [3.05, 3.63) is 29.8 Å². The molecule has 0 saturated heterocycles. The van der Waals surface area contributed by atoms with Crippen LogP contribution in [0.5, 0.6) is 5.75 Å². The van der Waals surface area contributed by atoms with Gasteiger partial charge in [0.2, 0.25) is 0 Å². The third kappa shape index (κ3) is 3.02. The Kier molecular flexibility index (Phi) is 4.39. The van der Waals surface area contributed by atoms with Crippen LogP contribution in [0.4, 0.5) is 5.69 Å². The molecule has 0 heterocycles. The third-order valence-electron chi connectivity index (χ3n) is 1.96. The van der Waals surface area contributed by atoms with E-state index in [1.807, 2.05) is 13.0 Å². The average molecular weight is 221 g/mol. The van der Waals surface area contributed by atoms with E-state index >= 15 is 0 Å². The number of methoxy groups -OCH3 is 1. The first-order valence-corrected chi connectivity index (χ1v) is 4.96. The van der Waals surface area contributed by atoms with Crippen molar-refractivity contribution in [2.45, 2.75) is 6.92 Å². The molecule has 86 valence electrons. The fourth-order valence-electron chi connectivity index (χ4n) is 1.24. The van der Waals surface area contributed by atoms with E-state index in [4.69, 9.17) is 10.5 Å². The maximum Gasteiger partial charge on any atom is 0.330 e. The number of benzene rings is 1. The van der Waals surface area contributed by atoms with Crippen LogP contribution in [0.15, 0.2) is 24.3 Å². The highest BCUT2D eigenvalue weighted by Gasteiger charge is 2.04.